The molecule has 3 heteroatoms. The topological polar surface area (TPSA) is 46.2 Å². The monoisotopic (exact) mass is 265 g/mol. The van der Waals surface area contributed by atoms with Gasteiger partial charge in [-0.1, -0.05) is 39.0 Å². The number of hydrogen-bond donors (Lipinski definition) is 2. The predicted octanol–water partition coefficient (Wildman–Crippen LogP) is 3.35. The summed E-state index contributed by atoms with van der Waals surface area (Å²) in [6, 6.07) is 7.92. The first-order valence-corrected chi connectivity index (χ1v) is 7.42. The van der Waals surface area contributed by atoms with Gasteiger partial charge in [-0.3, -0.25) is 0 Å². The van der Waals surface area contributed by atoms with E-state index in [1.807, 2.05) is 30.0 Å². The molecular weight excluding hydrogens is 242 g/mol. The van der Waals surface area contributed by atoms with Crippen molar-refractivity contribution in [3.8, 4) is 0 Å². The molecule has 0 spiro atoms. The number of aliphatic hydroxyl groups excluding tert-OH is 1. The van der Waals surface area contributed by atoms with Crippen molar-refractivity contribution in [2.45, 2.75) is 55.4 Å². The van der Waals surface area contributed by atoms with E-state index in [0.29, 0.717) is 5.92 Å². The van der Waals surface area contributed by atoms with E-state index in [1.54, 1.807) is 0 Å². The number of thioether (sulfide) groups is 1. The van der Waals surface area contributed by atoms with Crippen molar-refractivity contribution in [2.75, 3.05) is 0 Å². The summed E-state index contributed by atoms with van der Waals surface area (Å²) in [5, 5.41) is 10.2. The van der Waals surface area contributed by atoms with Gasteiger partial charge in [0.2, 0.25) is 0 Å². The largest absolute Gasteiger partial charge is 0.391 e. The summed E-state index contributed by atoms with van der Waals surface area (Å²) < 4.78 is 0.153. The number of rotatable bonds is 4. The molecule has 0 saturated heterocycles. The highest BCUT2D eigenvalue weighted by molar-refractivity contribution is 8.00. The normalized spacial score (nSPS) is 19.6. The Hall–Kier alpha value is -0.510. The van der Waals surface area contributed by atoms with Gasteiger partial charge in [0.25, 0.3) is 0 Å². The SMILES string of the molecule is CC(C)(C)Sc1ccccc1[C@H](N)[C@H](O)C1CC1. The van der Waals surface area contributed by atoms with Crippen LogP contribution in [0, 0.1) is 5.92 Å². The first kappa shape index (κ1) is 13.9. The molecule has 2 rings (SSSR count). The van der Waals surface area contributed by atoms with Gasteiger partial charge in [-0.15, -0.1) is 11.8 Å². The number of nitrogens with two attached hydrogens (primary N) is 1. The third kappa shape index (κ3) is 3.50. The lowest BCUT2D eigenvalue weighted by Gasteiger charge is -2.25. The summed E-state index contributed by atoms with van der Waals surface area (Å²) in [5.74, 6) is 0.410. The molecule has 0 amide bonds. The quantitative estimate of drug-likeness (QED) is 0.821. The van der Waals surface area contributed by atoms with Gasteiger partial charge in [0.1, 0.15) is 0 Å². The molecule has 3 N–H and O–H groups in total. The van der Waals surface area contributed by atoms with Crippen LogP contribution >= 0.6 is 11.8 Å². The van der Waals surface area contributed by atoms with Gasteiger partial charge in [-0.05, 0) is 30.4 Å². The molecule has 1 fully saturated rings. The Morgan fingerprint density at radius 1 is 1.28 bits per heavy atom. The lowest BCUT2D eigenvalue weighted by Crippen LogP contribution is -2.28. The van der Waals surface area contributed by atoms with Gasteiger partial charge in [-0.2, -0.15) is 0 Å². The standard InChI is InChI=1S/C15H23NOS/c1-15(2,3)18-12-7-5-4-6-11(12)13(16)14(17)10-8-9-10/h4-7,10,13-14,17H,8-9,16H2,1-3H3/t13-,14+/m0/s1. The fraction of sp³-hybridized carbons (Fsp3) is 0.600. The maximum atomic E-state index is 10.2. The van der Waals surface area contributed by atoms with E-state index < -0.39 is 6.10 Å². The smallest absolute Gasteiger partial charge is 0.0761 e. The van der Waals surface area contributed by atoms with Crippen LogP contribution in [0.15, 0.2) is 29.2 Å². The van der Waals surface area contributed by atoms with Crippen LogP contribution in [0.1, 0.15) is 45.2 Å². The first-order valence-electron chi connectivity index (χ1n) is 6.60. The number of aliphatic hydroxyl groups is 1. The van der Waals surface area contributed by atoms with Crippen LogP contribution in [0.2, 0.25) is 0 Å². The van der Waals surface area contributed by atoms with Crippen LogP contribution < -0.4 is 5.73 Å². The van der Waals surface area contributed by atoms with E-state index in [1.165, 1.54) is 4.90 Å². The molecule has 1 aromatic rings. The highest BCUT2D eigenvalue weighted by Crippen LogP contribution is 2.41. The zero-order valence-corrected chi connectivity index (χ0v) is 12.2. The van der Waals surface area contributed by atoms with E-state index in [0.717, 1.165) is 18.4 Å². The second-order valence-corrected chi connectivity index (χ2v) is 7.97. The van der Waals surface area contributed by atoms with Crippen molar-refractivity contribution in [2.24, 2.45) is 11.7 Å². The van der Waals surface area contributed by atoms with Gasteiger partial charge in [0, 0.05) is 9.64 Å². The van der Waals surface area contributed by atoms with Crippen molar-refractivity contribution in [1.29, 1.82) is 0 Å². The van der Waals surface area contributed by atoms with Gasteiger partial charge >= 0.3 is 0 Å². The van der Waals surface area contributed by atoms with Crippen molar-refractivity contribution < 1.29 is 5.11 Å². The van der Waals surface area contributed by atoms with Crippen LogP contribution in [0.3, 0.4) is 0 Å². The predicted molar refractivity (Wildman–Crippen MR) is 77.7 cm³/mol. The Morgan fingerprint density at radius 2 is 1.89 bits per heavy atom. The Morgan fingerprint density at radius 3 is 2.44 bits per heavy atom. The highest BCUT2D eigenvalue weighted by atomic mass is 32.2. The molecule has 1 saturated carbocycles. The molecule has 100 valence electrons. The van der Waals surface area contributed by atoms with Crippen molar-refractivity contribution in [3.63, 3.8) is 0 Å². The fourth-order valence-electron chi connectivity index (χ4n) is 2.09. The third-order valence-corrected chi connectivity index (χ3v) is 4.37. The average Bonchev–Trinajstić information content (AvgIpc) is 3.09. The van der Waals surface area contributed by atoms with Crippen molar-refractivity contribution in [3.05, 3.63) is 29.8 Å². The maximum Gasteiger partial charge on any atom is 0.0761 e. The Bertz CT molecular complexity index is 409. The Balaban J connectivity index is 2.20. The van der Waals surface area contributed by atoms with Gasteiger partial charge in [-0.25, -0.2) is 0 Å². The average molecular weight is 265 g/mol. The summed E-state index contributed by atoms with van der Waals surface area (Å²) >= 11 is 1.81. The summed E-state index contributed by atoms with van der Waals surface area (Å²) in [6.45, 7) is 6.58. The molecule has 0 bridgehead atoms. The molecule has 0 unspecified atom stereocenters. The van der Waals surface area contributed by atoms with E-state index in [4.69, 9.17) is 5.73 Å². The van der Waals surface area contributed by atoms with Gasteiger partial charge < -0.3 is 10.8 Å². The molecule has 2 atom stereocenters. The molecule has 0 heterocycles. The van der Waals surface area contributed by atoms with Crippen molar-refractivity contribution >= 4 is 11.8 Å². The minimum Gasteiger partial charge on any atom is -0.391 e. The Kier molecular flexibility index (Phi) is 4.05. The van der Waals surface area contributed by atoms with E-state index >= 15 is 0 Å². The molecule has 18 heavy (non-hydrogen) atoms. The summed E-state index contributed by atoms with van der Waals surface area (Å²) in [6.07, 6.45) is 1.83. The maximum absolute atomic E-state index is 10.2. The molecule has 1 aliphatic carbocycles. The summed E-state index contributed by atoms with van der Waals surface area (Å²) in [4.78, 5) is 1.19. The zero-order chi connectivity index (χ0) is 13.3. The number of hydrogen-bond acceptors (Lipinski definition) is 3. The lowest BCUT2D eigenvalue weighted by atomic mass is 9.99. The minimum atomic E-state index is -0.397. The molecular formula is C15H23NOS. The van der Waals surface area contributed by atoms with Crippen LogP contribution in [-0.4, -0.2) is 16.0 Å². The Labute approximate surface area is 114 Å². The van der Waals surface area contributed by atoms with E-state index in [-0.39, 0.29) is 10.8 Å². The van der Waals surface area contributed by atoms with E-state index in [9.17, 15) is 5.11 Å². The number of benzene rings is 1. The molecule has 0 radical (unpaired) electrons. The third-order valence-electron chi connectivity index (χ3n) is 3.17. The van der Waals surface area contributed by atoms with Crippen LogP contribution in [-0.2, 0) is 0 Å². The highest BCUT2D eigenvalue weighted by Gasteiger charge is 2.35. The first-order chi connectivity index (χ1) is 8.38. The van der Waals surface area contributed by atoms with Gasteiger partial charge in [0.15, 0.2) is 0 Å². The van der Waals surface area contributed by atoms with Crippen LogP contribution in [0.5, 0.6) is 0 Å². The lowest BCUT2D eigenvalue weighted by molar-refractivity contribution is 0.121. The van der Waals surface area contributed by atoms with Gasteiger partial charge in [0.05, 0.1) is 12.1 Å². The van der Waals surface area contributed by atoms with Crippen LogP contribution in [0.4, 0.5) is 0 Å². The zero-order valence-electron chi connectivity index (χ0n) is 11.4. The molecule has 1 aliphatic rings. The van der Waals surface area contributed by atoms with E-state index in [2.05, 4.69) is 26.8 Å². The molecule has 2 nitrogen and oxygen atoms in total. The second-order valence-electron chi connectivity index (χ2n) is 6.11. The van der Waals surface area contributed by atoms with Crippen LogP contribution in [0.25, 0.3) is 0 Å². The summed E-state index contributed by atoms with van der Waals surface area (Å²) in [5.41, 5.74) is 7.32. The minimum absolute atomic E-state index is 0.153. The summed E-state index contributed by atoms with van der Waals surface area (Å²) in [7, 11) is 0. The second kappa shape index (κ2) is 5.24. The molecule has 0 aromatic heterocycles. The molecule has 1 aromatic carbocycles. The molecule has 0 aliphatic heterocycles. The fourth-order valence-corrected chi connectivity index (χ4v) is 3.22. The van der Waals surface area contributed by atoms with Crippen molar-refractivity contribution in [1.82, 2.24) is 0 Å².